The molecule has 0 spiro atoms. The van der Waals surface area contributed by atoms with Crippen molar-refractivity contribution >= 4 is 33.6 Å². The van der Waals surface area contributed by atoms with Gasteiger partial charge >= 0.3 is 0 Å². The molecular weight excluding hydrogens is 435 g/mol. The summed E-state index contributed by atoms with van der Waals surface area (Å²) in [6.07, 6.45) is 5.98. The molecule has 3 nitrogen and oxygen atoms in total. The van der Waals surface area contributed by atoms with Crippen molar-refractivity contribution < 1.29 is 4.74 Å². The summed E-state index contributed by atoms with van der Waals surface area (Å²) in [5.74, 6) is 0.903. The highest BCUT2D eigenvalue weighted by atomic mass is 127. The van der Waals surface area contributed by atoms with E-state index in [1.54, 1.807) is 7.11 Å². The molecule has 4 aromatic rings. The molecule has 0 amide bonds. The molecule has 0 aliphatic rings. The summed E-state index contributed by atoms with van der Waals surface area (Å²) in [6.45, 7) is 0. The monoisotopic (exact) mass is 454 g/mol. The van der Waals surface area contributed by atoms with E-state index in [0.29, 0.717) is 0 Å². The summed E-state index contributed by atoms with van der Waals surface area (Å²) in [7, 11) is 1.70. The standard InChI is InChI=1S/C22H19IN2O/c1-26-19-10-6-16(7-11-19)3-2-15-4-8-17(9-5-15)18-12-20-21(23)14-25-22(20)24-13-18/h4-14H,2-3H2,1H3,(H,24,25). The lowest BCUT2D eigenvalue weighted by Gasteiger charge is -2.06. The van der Waals surface area contributed by atoms with Crippen molar-refractivity contribution in [2.24, 2.45) is 0 Å². The van der Waals surface area contributed by atoms with Gasteiger partial charge in [0.15, 0.2) is 0 Å². The van der Waals surface area contributed by atoms with Gasteiger partial charge < -0.3 is 9.72 Å². The number of hydrogen-bond acceptors (Lipinski definition) is 2. The normalized spacial score (nSPS) is 11.0. The van der Waals surface area contributed by atoms with Gasteiger partial charge in [0.05, 0.1) is 7.11 Å². The van der Waals surface area contributed by atoms with Crippen LogP contribution < -0.4 is 4.74 Å². The first-order valence-corrected chi connectivity index (χ1v) is 9.66. The fourth-order valence-corrected chi connectivity index (χ4v) is 3.64. The van der Waals surface area contributed by atoms with E-state index in [9.17, 15) is 0 Å². The first-order valence-electron chi connectivity index (χ1n) is 8.58. The molecule has 0 fully saturated rings. The maximum absolute atomic E-state index is 5.21. The van der Waals surface area contributed by atoms with E-state index >= 15 is 0 Å². The van der Waals surface area contributed by atoms with Crippen LogP contribution in [0.4, 0.5) is 0 Å². The van der Waals surface area contributed by atoms with E-state index in [1.165, 1.54) is 25.6 Å². The predicted octanol–water partition coefficient (Wildman–Crippen LogP) is 5.63. The van der Waals surface area contributed by atoms with Crippen LogP contribution in [0.2, 0.25) is 0 Å². The lowest BCUT2D eigenvalue weighted by atomic mass is 10.0. The third-order valence-corrected chi connectivity index (χ3v) is 5.52. The van der Waals surface area contributed by atoms with Crippen LogP contribution in [0, 0.1) is 3.57 Å². The van der Waals surface area contributed by atoms with Crippen LogP contribution in [0.25, 0.3) is 22.2 Å². The molecular formula is C22H19IN2O. The minimum Gasteiger partial charge on any atom is -0.497 e. The van der Waals surface area contributed by atoms with Crippen LogP contribution in [-0.2, 0) is 12.8 Å². The average Bonchev–Trinajstić information content (AvgIpc) is 3.07. The summed E-state index contributed by atoms with van der Waals surface area (Å²) in [6, 6.07) is 19.3. The summed E-state index contributed by atoms with van der Waals surface area (Å²) in [5, 5.41) is 1.17. The number of ether oxygens (including phenoxy) is 1. The van der Waals surface area contributed by atoms with Gasteiger partial charge in [-0.1, -0.05) is 36.4 Å². The summed E-state index contributed by atoms with van der Waals surface area (Å²) < 4.78 is 6.41. The van der Waals surface area contributed by atoms with Crippen molar-refractivity contribution in [2.75, 3.05) is 7.11 Å². The second-order valence-electron chi connectivity index (χ2n) is 6.30. The van der Waals surface area contributed by atoms with E-state index in [0.717, 1.165) is 29.8 Å². The number of hydrogen-bond donors (Lipinski definition) is 1. The largest absolute Gasteiger partial charge is 0.497 e. The molecule has 2 aromatic heterocycles. The molecule has 1 N–H and O–H groups in total. The molecule has 0 aliphatic carbocycles. The lowest BCUT2D eigenvalue weighted by molar-refractivity contribution is 0.414. The molecule has 0 saturated heterocycles. The third-order valence-electron chi connectivity index (χ3n) is 4.63. The maximum atomic E-state index is 5.21. The van der Waals surface area contributed by atoms with Crippen LogP contribution >= 0.6 is 22.6 Å². The first kappa shape index (κ1) is 17.1. The number of fused-ring (bicyclic) bond motifs is 1. The van der Waals surface area contributed by atoms with Gasteiger partial charge in [0.2, 0.25) is 0 Å². The van der Waals surface area contributed by atoms with Gasteiger partial charge in [-0.3, -0.25) is 0 Å². The number of benzene rings is 2. The van der Waals surface area contributed by atoms with E-state index < -0.39 is 0 Å². The number of aromatic nitrogens is 2. The molecule has 4 rings (SSSR count). The molecule has 2 heterocycles. The number of halogens is 1. The van der Waals surface area contributed by atoms with Crippen LogP contribution in [0.1, 0.15) is 11.1 Å². The molecule has 2 aromatic carbocycles. The Morgan fingerprint density at radius 2 is 1.58 bits per heavy atom. The smallest absolute Gasteiger partial charge is 0.138 e. The van der Waals surface area contributed by atoms with E-state index in [2.05, 4.69) is 75.0 Å². The molecule has 0 unspecified atom stereocenters. The van der Waals surface area contributed by atoms with Gasteiger partial charge in [-0.05, 0) is 70.3 Å². The molecule has 0 aliphatic heterocycles. The Morgan fingerprint density at radius 1 is 0.923 bits per heavy atom. The maximum Gasteiger partial charge on any atom is 0.138 e. The number of pyridine rings is 1. The Balaban J connectivity index is 1.47. The number of H-pyrrole nitrogens is 1. The van der Waals surface area contributed by atoms with Gasteiger partial charge in [0, 0.05) is 26.9 Å². The third kappa shape index (κ3) is 3.60. The number of aromatic amines is 1. The van der Waals surface area contributed by atoms with E-state index in [1.807, 2.05) is 24.5 Å². The Bertz CT molecular complexity index is 1020. The number of nitrogens with zero attached hydrogens (tertiary/aromatic N) is 1. The van der Waals surface area contributed by atoms with Gasteiger partial charge in [0.1, 0.15) is 11.4 Å². The highest BCUT2D eigenvalue weighted by molar-refractivity contribution is 14.1. The molecule has 26 heavy (non-hydrogen) atoms. The second-order valence-corrected chi connectivity index (χ2v) is 7.46. The van der Waals surface area contributed by atoms with Gasteiger partial charge in [-0.2, -0.15) is 0 Å². The zero-order valence-corrected chi connectivity index (χ0v) is 16.7. The molecule has 0 radical (unpaired) electrons. The van der Waals surface area contributed by atoms with Gasteiger partial charge in [-0.25, -0.2) is 4.98 Å². The Labute approximate surface area is 166 Å². The quantitative estimate of drug-likeness (QED) is 0.397. The zero-order chi connectivity index (χ0) is 17.9. The molecule has 0 bridgehead atoms. The molecule has 0 saturated carbocycles. The minimum atomic E-state index is 0.903. The second kappa shape index (κ2) is 7.50. The topological polar surface area (TPSA) is 37.9 Å². The Kier molecular flexibility index (Phi) is 4.93. The van der Waals surface area contributed by atoms with Crippen molar-refractivity contribution in [3.05, 3.63) is 81.7 Å². The first-order chi connectivity index (χ1) is 12.7. The molecule has 130 valence electrons. The van der Waals surface area contributed by atoms with Crippen LogP contribution in [-0.4, -0.2) is 17.1 Å². The van der Waals surface area contributed by atoms with Crippen LogP contribution in [0.15, 0.2) is 67.0 Å². The van der Waals surface area contributed by atoms with E-state index in [-0.39, 0.29) is 0 Å². The fraction of sp³-hybridized carbons (Fsp3) is 0.136. The molecule has 0 atom stereocenters. The number of nitrogens with one attached hydrogen (secondary N) is 1. The number of aryl methyl sites for hydroxylation is 2. The van der Waals surface area contributed by atoms with Crippen molar-refractivity contribution in [1.29, 1.82) is 0 Å². The van der Waals surface area contributed by atoms with Crippen molar-refractivity contribution in [1.82, 2.24) is 9.97 Å². The Hall–Kier alpha value is -2.34. The van der Waals surface area contributed by atoms with Crippen LogP contribution in [0.3, 0.4) is 0 Å². The zero-order valence-electron chi connectivity index (χ0n) is 14.5. The average molecular weight is 454 g/mol. The highest BCUT2D eigenvalue weighted by Gasteiger charge is 2.05. The number of rotatable bonds is 5. The van der Waals surface area contributed by atoms with Crippen molar-refractivity contribution in [3.63, 3.8) is 0 Å². The predicted molar refractivity (Wildman–Crippen MR) is 115 cm³/mol. The van der Waals surface area contributed by atoms with Gasteiger partial charge in [0.25, 0.3) is 0 Å². The van der Waals surface area contributed by atoms with Crippen molar-refractivity contribution in [2.45, 2.75) is 12.8 Å². The Morgan fingerprint density at radius 3 is 2.23 bits per heavy atom. The SMILES string of the molecule is COc1ccc(CCc2ccc(-c3cnc4[nH]cc(I)c4c3)cc2)cc1. The van der Waals surface area contributed by atoms with Gasteiger partial charge in [-0.15, -0.1) is 0 Å². The van der Waals surface area contributed by atoms with Crippen molar-refractivity contribution in [3.8, 4) is 16.9 Å². The van der Waals surface area contributed by atoms with E-state index in [4.69, 9.17) is 4.74 Å². The number of methoxy groups -OCH3 is 1. The summed E-state index contributed by atoms with van der Waals surface area (Å²) in [5.41, 5.74) is 5.96. The minimum absolute atomic E-state index is 0.903. The summed E-state index contributed by atoms with van der Waals surface area (Å²) in [4.78, 5) is 7.71. The van der Waals surface area contributed by atoms with Crippen LogP contribution in [0.5, 0.6) is 5.75 Å². The summed E-state index contributed by atoms with van der Waals surface area (Å²) >= 11 is 2.34. The fourth-order valence-electron chi connectivity index (χ4n) is 3.07. The lowest BCUT2D eigenvalue weighted by Crippen LogP contribution is -1.92. The molecule has 4 heteroatoms. The highest BCUT2D eigenvalue weighted by Crippen LogP contribution is 2.26.